The van der Waals surface area contributed by atoms with Crippen LogP contribution in [-0.2, 0) is 4.74 Å². The molecule has 0 aliphatic rings. The van der Waals surface area contributed by atoms with Gasteiger partial charge in [0, 0.05) is 23.4 Å². The van der Waals surface area contributed by atoms with Gasteiger partial charge in [0.05, 0.1) is 12.7 Å². The number of nitrogens with one attached hydrogen (secondary N) is 1. The van der Waals surface area contributed by atoms with E-state index in [1.54, 1.807) is 0 Å². The van der Waals surface area contributed by atoms with Crippen molar-refractivity contribution in [1.82, 2.24) is 5.32 Å². The SMILES string of the molecule is CCCCNCC(O)COCCC[Si]. The second-order valence-corrected chi connectivity index (χ2v) is 3.89. The molecule has 0 bridgehead atoms. The summed E-state index contributed by atoms with van der Waals surface area (Å²) in [5, 5.41) is 12.6. The fraction of sp³-hybridized carbons (Fsp3) is 1.00. The van der Waals surface area contributed by atoms with Gasteiger partial charge in [-0.3, -0.25) is 0 Å². The average Bonchev–Trinajstić information content (AvgIpc) is 2.19. The Morgan fingerprint density at radius 1 is 1.43 bits per heavy atom. The summed E-state index contributed by atoms with van der Waals surface area (Å²) < 4.78 is 5.27. The highest BCUT2D eigenvalue weighted by Crippen LogP contribution is 1.90. The highest BCUT2D eigenvalue weighted by atomic mass is 28.1. The molecule has 4 heteroatoms. The van der Waals surface area contributed by atoms with E-state index >= 15 is 0 Å². The predicted molar refractivity (Wildman–Crippen MR) is 59.8 cm³/mol. The zero-order chi connectivity index (χ0) is 10.6. The first-order valence-electron chi connectivity index (χ1n) is 5.42. The minimum Gasteiger partial charge on any atom is -0.389 e. The summed E-state index contributed by atoms with van der Waals surface area (Å²) in [6.45, 7) is 4.92. The highest BCUT2D eigenvalue weighted by molar-refractivity contribution is 6.08. The van der Waals surface area contributed by atoms with Gasteiger partial charge in [-0.15, -0.1) is 0 Å². The highest BCUT2D eigenvalue weighted by Gasteiger charge is 2.02. The summed E-state index contributed by atoms with van der Waals surface area (Å²) in [6.07, 6.45) is 2.97. The molecule has 1 atom stereocenters. The third-order valence-electron chi connectivity index (χ3n) is 1.86. The molecule has 0 spiro atoms. The second kappa shape index (κ2) is 11.2. The van der Waals surface area contributed by atoms with Gasteiger partial charge in [0.15, 0.2) is 0 Å². The quantitative estimate of drug-likeness (QED) is 0.418. The largest absolute Gasteiger partial charge is 0.389 e. The molecule has 3 radical (unpaired) electrons. The van der Waals surface area contributed by atoms with Crippen LogP contribution in [0, 0.1) is 0 Å². The fourth-order valence-corrected chi connectivity index (χ4v) is 1.17. The van der Waals surface area contributed by atoms with Crippen LogP contribution in [0.3, 0.4) is 0 Å². The van der Waals surface area contributed by atoms with Crippen molar-refractivity contribution >= 4 is 10.2 Å². The first-order valence-corrected chi connectivity index (χ1v) is 6.13. The van der Waals surface area contributed by atoms with E-state index in [4.69, 9.17) is 4.74 Å². The van der Waals surface area contributed by atoms with Crippen LogP contribution in [-0.4, -0.2) is 47.8 Å². The fourth-order valence-electron chi connectivity index (χ4n) is 1.02. The molecule has 0 aromatic carbocycles. The molecular weight excluding hydrogens is 194 g/mol. The topological polar surface area (TPSA) is 41.5 Å². The summed E-state index contributed by atoms with van der Waals surface area (Å²) in [7, 11) is 3.37. The van der Waals surface area contributed by atoms with Crippen molar-refractivity contribution in [2.24, 2.45) is 0 Å². The van der Waals surface area contributed by atoms with E-state index in [0.717, 1.165) is 32.0 Å². The number of hydrogen-bond donors (Lipinski definition) is 2. The molecule has 14 heavy (non-hydrogen) atoms. The summed E-state index contributed by atoms with van der Waals surface area (Å²) in [4.78, 5) is 0. The lowest BCUT2D eigenvalue weighted by molar-refractivity contribution is 0.0374. The third-order valence-corrected chi connectivity index (χ3v) is 2.22. The Morgan fingerprint density at radius 3 is 2.86 bits per heavy atom. The second-order valence-electron chi connectivity index (χ2n) is 3.39. The van der Waals surface area contributed by atoms with E-state index in [1.165, 1.54) is 6.42 Å². The normalized spacial score (nSPS) is 13.1. The molecule has 0 saturated heterocycles. The van der Waals surface area contributed by atoms with Gasteiger partial charge in [0.25, 0.3) is 0 Å². The van der Waals surface area contributed by atoms with E-state index in [2.05, 4.69) is 22.5 Å². The van der Waals surface area contributed by atoms with E-state index in [1.807, 2.05) is 0 Å². The molecule has 3 nitrogen and oxygen atoms in total. The van der Waals surface area contributed by atoms with Crippen LogP contribution >= 0.6 is 0 Å². The number of ether oxygens (including phenoxy) is 1. The molecule has 0 saturated carbocycles. The zero-order valence-corrected chi connectivity index (χ0v) is 10.1. The maximum Gasteiger partial charge on any atom is 0.0897 e. The summed E-state index contributed by atoms with van der Waals surface area (Å²) >= 11 is 0. The Bertz CT molecular complexity index is 102. The molecule has 0 fully saturated rings. The van der Waals surface area contributed by atoms with Crippen LogP contribution in [0.25, 0.3) is 0 Å². The van der Waals surface area contributed by atoms with E-state index in [9.17, 15) is 5.11 Å². The van der Waals surface area contributed by atoms with Crippen molar-refractivity contribution in [3.63, 3.8) is 0 Å². The number of hydrogen-bond acceptors (Lipinski definition) is 3. The maximum atomic E-state index is 9.45. The molecule has 83 valence electrons. The molecule has 0 amide bonds. The van der Waals surface area contributed by atoms with Gasteiger partial charge in [-0.2, -0.15) is 0 Å². The van der Waals surface area contributed by atoms with Crippen molar-refractivity contribution in [2.45, 2.75) is 38.3 Å². The average molecular weight is 216 g/mol. The lowest BCUT2D eigenvalue weighted by Crippen LogP contribution is -2.31. The van der Waals surface area contributed by atoms with Crippen LogP contribution in [0.5, 0.6) is 0 Å². The maximum absolute atomic E-state index is 9.45. The minimum absolute atomic E-state index is 0.374. The van der Waals surface area contributed by atoms with E-state index < -0.39 is 0 Å². The van der Waals surface area contributed by atoms with Gasteiger partial charge in [-0.1, -0.05) is 19.4 Å². The van der Waals surface area contributed by atoms with Crippen LogP contribution in [0.1, 0.15) is 26.2 Å². The van der Waals surface area contributed by atoms with E-state index in [0.29, 0.717) is 13.2 Å². The molecule has 1 unspecified atom stereocenters. The molecule has 0 heterocycles. The molecule has 2 N–H and O–H groups in total. The smallest absolute Gasteiger partial charge is 0.0897 e. The Hall–Kier alpha value is 0.0969. The summed E-state index contributed by atoms with van der Waals surface area (Å²) in [6, 6.07) is 0.949. The van der Waals surface area contributed by atoms with Gasteiger partial charge in [0.1, 0.15) is 0 Å². The molecule has 0 aromatic rings. The van der Waals surface area contributed by atoms with Crippen molar-refractivity contribution < 1.29 is 9.84 Å². The molecular formula is C10H22NO2Si. The standard InChI is InChI=1S/C10H22NO2Si/c1-2-3-5-11-8-10(12)9-13-6-4-7-14/h10-12H,2-9H2,1H3. The number of rotatable bonds is 10. The molecule has 0 aliphatic heterocycles. The first kappa shape index (κ1) is 14.1. The Balaban J connectivity index is 3.07. The number of aliphatic hydroxyl groups excluding tert-OH is 1. The van der Waals surface area contributed by atoms with Gasteiger partial charge in [0.2, 0.25) is 0 Å². The lowest BCUT2D eigenvalue weighted by atomic mass is 10.3. The van der Waals surface area contributed by atoms with Crippen molar-refractivity contribution in [2.75, 3.05) is 26.3 Å². The van der Waals surface area contributed by atoms with Crippen molar-refractivity contribution in [1.29, 1.82) is 0 Å². The molecule has 0 aromatic heterocycles. The molecule has 0 rings (SSSR count). The van der Waals surface area contributed by atoms with Crippen LogP contribution in [0.4, 0.5) is 0 Å². The minimum atomic E-state index is -0.374. The monoisotopic (exact) mass is 216 g/mol. The van der Waals surface area contributed by atoms with Crippen LogP contribution in [0.15, 0.2) is 0 Å². The molecule has 0 aliphatic carbocycles. The van der Waals surface area contributed by atoms with E-state index in [-0.39, 0.29) is 6.10 Å². The number of unbranched alkanes of at least 4 members (excludes halogenated alkanes) is 1. The Kier molecular flexibility index (Phi) is 11.3. The summed E-state index contributed by atoms with van der Waals surface area (Å²) in [5.74, 6) is 0. The Morgan fingerprint density at radius 2 is 2.21 bits per heavy atom. The zero-order valence-electron chi connectivity index (χ0n) is 9.09. The van der Waals surface area contributed by atoms with Gasteiger partial charge < -0.3 is 15.2 Å². The van der Waals surface area contributed by atoms with Gasteiger partial charge in [-0.05, 0) is 19.4 Å². The van der Waals surface area contributed by atoms with Crippen LogP contribution < -0.4 is 5.32 Å². The van der Waals surface area contributed by atoms with Gasteiger partial charge in [-0.25, -0.2) is 0 Å². The van der Waals surface area contributed by atoms with Crippen LogP contribution in [0.2, 0.25) is 6.04 Å². The van der Waals surface area contributed by atoms with Crippen molar-refractivity contribution in [3.8, 4) is 0 Å². The van der Waals surface area contributed by atoms with Gasteiger partial charge >= 0.3 is 0 Å². The van der Waals surface area contributed by atoms with Crippen molar-refractivity contribution in [3.05, 3.63) is 0 Å². The summed E-state index contributed by atoms with van der Waals surface area (Å²) in [5.41, 5.74) is 0. The third kappa shape index (κ3) is 10.2. The first-order chi connectivity index (χ1) is 6.81. The Labute approximate surface area is 90.7 Å². The number of aliphatic hydroxyl groups is 1. The predicted octanol–water partition coefficient (Wildman–Crippen LogP) is 0.730. The lowest BCUT2D eigenvalue weighted by Gasteiger charge is -2.11.